The first-order chi connectivity index (χ1) is 13.2. The van der Waals surface area contributed by atoms with Crippen molar-refractivity contribution in [1.29, 1.82) is 5.26 Å². The lowest BCUT2D eigenvalue weighted by atomic mass is 9.83. The molecule has 0 saturated carbocycles. The molecule has 0 aliphatic heterocycles. The van der Waals surface area contributed by atoms with Crippen LogP contribution in [0, 0.1) is 16.9 Å². The van der Waals surface area contributed by atoms with Crippen LogP contribution in [-0.2, 0) is 25.5 Å². The van der Waals surface area contributed by atoms with E-state index in [9.17, 15) is 14.4 Å². The van der Waals surface area contributed by atoms with Crippen LogP contribution in [-0.4, -0.2) is 40.9 Å². The fourth-order valence-electron chi connectivity index (χ4n) is 2.37. The zero-order valence-electron chi connectivity index (χ0n) is 16.5. The Bertz CT molecular complexity index is 678. The number of aliphatic hydroxyl groups is 1. The molecule has 1 aromatic carbocycles. The molecule has 0 aromatic heterocycles. The maximum atomic E-state index is 12.3. The van der Waals surface area contributed by atoms with Crippen molar-refractivity contribution in [3.05, 3.63) is 35.4 Å². The van der Waals surface area contributed by atoms with Crippen molar-refractivity contribution in [3.63, 3.8) is 0 Å². The van der Waals surface area contributed by atoms with Crippen LogP contribution in [0.5, 0.6) is 0 Å². The Kier molecular flexibility index (Phi) is 11.8. The third-order valence-electron chi connectivity index (χ3n) is 3.89. The van der Waals surface area contributed by atoms with Gasteiger partial charge >= 0.3 is 11.9 Å². The molecule has 0 saturated heterocycles. The zero-order valence-corrected chi connectivity index (χ0v) is 18.1. The van der Waals surface area contributed by atoms with Crippen molar-refractivity contribution in [3.8, 4) is 6.26 Å². The van der Waals surface area contributed by atoms with Gasteiger partial charge in [0.15, 0.2) is 11.2 Å². The summed E-state index contributed by atoms with van der Waals surface area (Å²) >= 11 is 3.35. The number of nitriles is 1. The Hall–Kier alpha value is -2.40. The minimum absolute atomic E-state index is 0.00703. The van der Waals surface area contributed by atoms with Gasteiger partial charge in [0.05, 0.1) is 18.0 Å². The number of carbonyl (C=O) groups is 3. The fraction of sp³-hybridized carbons (Fsp3) is 0.500. The van der Waals surface area contributed by atoms with Crippen molar-refractivity contribution in [2.45, 2.75) is 45.4 Å². The molecule has 1 unspecified atom stereocenters. The summed E-state index contributed by atoms with van der Waals surface area (Å²) in [5.74, 6) is -1.21. The molecule has 1 N–H and O–H groups in total. The summed E-state index contributed by atoms with van der Waals surface area (Å²) in [4.78, 5) is 36.6. The van der Waals surface area contributed by atoms with E-state index in [0.717, 1.165) is 11.8 Å². The average Bonchev–Trinajstić information content (AvgIpc) is 2.68. The molecule has 0 aliphatic rings. The van der Waals surface area contributed by atoms with Crippen LogP contribution in [0.25, 0.3) is 0 Å². The minimum Gasteiger partial charge on any atom is -0.465 e. The lowest BCUT2D eigenvalue weighted by Crippen LogP contribution is -2.41. The Balaban J connectivity index is 0.00000227. The number of nitrogens with zero attached hydrogens (tertiary/aromatic N) is 1. The molecular formula is C20H26BrNO6. The quantitative estimate of drug-likeness (QED) is 0.199. The molecule has 0 heterocycles. The van der Waals surface area contributed by atoms with Gasteiger partial charge in [0.25, 0.3) is 6.26 Å². The highest BCUT2D eigenvalue weighted by molar-refractivity contribution is 9.10. The van der Waals surface area contributed by atoms with Crippen molar-refractivity contribution < 1.29 is 29.0 Å². The van der Waals surface area contributed by atoms with E-state index in [1.165, 1.54) is 6.92 Å². The van der Waals surface area contributed by atoms with Crippen molar-refractivity contribution in [1.82, 2.24) is 0 Å². The second kappa shape index (κ2) is 12.9. The third-order valence-corrected chi connectivity index (χ3v) is 4.95. The van der Waals surface area contributed by atoms with Crippen LogP contribution in [0.2, 0.25) is 0 Å². The number of benzene rings is 1. The van der Waals surface area contributed by atoms with Gasteiger partial charge in [-0.3, -0.25) is 14.4 Å². The van der Waals surface area contributed by atoms with Crippen LogP contribution in [0.3, 0.4) is 0 Å². The molecule has 1 aromatic rings. The van der Waals surface area contributed by atoms with E-state index in [1.807, 2.05) is 6.92 Å². The maximum absolute atomic E-state index is 12.3. The van der Waals surface area contributed by atoms with Crippen LogP contribution in [0.1, 0.15) is 50.0 Å². The van der Waals surface area contributed by atoms with E-state index in [4.69, 9.17) is 19.8 Å². The molecule has 154 valence electrons. The zero-order chi connectivity index (χ0) is 21.7. The third kappa shape index (κ3) is 7.31. The summed E-state index contributed by atoms with van der Waals surface area (Å²) in [5, 5.41) is 13.8. The van der Waals surface area contributed by atoms with Crippen LogP contribution in [0.15, 0.2) is 24.3 Å². The van der Waals surface area contributed by atoms with Gasteiger partial charge in [-0.25, -0.2) is 0 Å². The van der Waals surface area contributed by atoms with E-state index in [2.05, 4.69) is 15.9 Å². The number of alkyl halides is 1. The summed E-state index contributed by atoms with van der Waals surface area (Å²) in [6.07, 6.45) is 1.59. The Morgan fingerprint density at radius 2 is 1.54 bits per heavy atom. The van der Waals surface area contributed by atoms with Crippen molar-refractivity contribution in [2.75, 3.05) is 13.2 Å². The second-order valence-corrected chi connectivity index (χ2v) is 7.09. The molecule has 1 atom stereocenters. The van der Waals surface area contributed by atoms with Gasteiger partial charge in [-0.2, -0.15) is 5.26 Å². The molecule has 0 amide bonds. The van der Waals surface area contributed by atoms with Crippen LogP contribution < -0.4 is 0 Å². The number of hydrogen-bond donors (Lipinski definition) is 1. The molecule has 8 heteroatoms. The monoisotopic (exact) mass is 455 g/mol. The molecule has 0 spiro atoms. The molecule has 28 heavy (non-hydrogen) atoms. The molecule has 0 bridgehead atoms. The lowest BCUT2D eigenvalue weighted by Gasteiger charge is -2.25. The number of halogens is 1. The maximum Gasteiger partial charge on any atom is 0.323 e. The normalized spacial score (nSPS) is 11.3. The number of esters is 2. The summed E-state index contributed by atoms with van der Waals surface area (Å²) in [6.45, 7) is 7.20. The predicted molar refractivity (Wildman–Crippen MR) is 106 cm³/mol. The van der Waals surface area contributed by atoms with Crippen molar-refractivity contribution in [2.24, 2.45) is 5.41 Å². The Labute approximate surface area is 173 Å². The lowest BCUT2D eigenvalue weighted by molar-refractivity contribution is -0.170. The molecule has 0 fully saturated rings. The van der Waals surface area contributed by atoms with E-state index < -0.39 is 17.4 Å². The molecular weight excluding hydrogens is 430 g/mol. The van der Waals surface area contributed by atoms with Gasteiger partial charge in [0, 0.05) is 5.56 Å². The van der Waals surface area contributed by atoms with E-state index in [0.29, 0.717) is 12.0 Å². The second-order valence-electron chi connectivity index (χ2n) is 5.99. The van der Waals surface area contributed by atoms with Gasteiger partial charge in [-0.15, -0.1) is 0 Å². The highest BCUT2D eigenvalue weighted by Crippen LogP contribution is 2.27. The first kappa shape index (κ1) is 25.6. The minimum atomic E-state index is -1.42. The van der Waals surface area contributed by atoms with Crippen molar-refractivity contribution >= 4 is 33.7 Å². The summed E-state index contributed by atoms with van der Waals surface area (Å²) in [7, 11) is 0. The number of ketones is 1. The SMILES string of the molecule is CCOC(=O)C(C)(Cc1ccc(C(=O)C(Br)CC)cc1)C(=O)OCC.N#CO. The van der Waals surface area contributed by atoms with Gasteiger partial charge in [0.1, 0.15) is 0 Å². The average molecular weight is 456 g/mol. The van der Waals surface area contributed by atoms with Crippen LogP contribution >= 0.6 is 15.9 Å². The van der Waals surface area contributed by atoms with Gasteiger partial charge in [-0.1, -0.05) is 47.1 Å². The van der Waals surface area contributed by atoms with Gasteiger partial charge < -0.3 is 14.6 Å². The topological polar surface area (TPSA) is 114 Å². The number of rotatable bonds is 9. The van der Waals surface area contributed by atoms with E-state index in [-0.39, 0.29) is 30.2 Å². The number of Topliss-reactive ketones (excluding diaryl/α,β-unsaturated/α-hetero) is 1. The van der Waals surface area contributed by atoms with E-state index >= 15 is 0 Å². The Morgan fingerprint density at radius 1 is 1.11 bits per heavy atom. The first-order valence-corrected chi connectivity index (χ1v) is 9.78. The highest BCUT2D eigenvalue weighted by atomic mass is 79.9. The molecule has 7 nitrogen and oxygen atoms in total. The number of carbonyl (C=O) groups excluding carboxylic acids is 3. The predicted octanol–water partition coefficient (Wildman–Crippen LogP) is 3.56. The molecule has 0 radical (unpaired) electrons. The molecule has 0 aliphatic carbocycles. The summed E-state index contributed by atoms with van der Waals surface area (Å²) < 4.78 is 10.1. The van der Waals surface area contributed by atoms with Crippen LogP contribution in [0.4, 0.5) is 0 Å². The summed E-state index contributed by atoms with van der Waals surface area (Å²) in [6, 6.07) is 6.91. The fourth-order valence-corrected chi connectivity index (χ4v) is 2.63. The standard InChI is InChI=1S/C19H25BrO5.CHNO/c1-5-15(20)16(21)14-10-8-13(9-11-14)12-19(4,17(22)24-6-2)18(23)25-7-3;2-1-3/h8-11,15H,5-7,12H2,1-4H3;3H. The van der Waals surface area contributed by atoms with Gasteiger partial charge in [0.2, 0.25) is 0 Å². The number of hydrogen-bond acceptors (Lipinski definition) is 7. The van der Waals surface area contributed by atoms with E-state index in [1.54, 1.807) is 38.1 Å². The molecule has 1 rings (SSSR count). The smallest absolute Gasteiger partial charge is 0.323 e. The highest BCUT2D eigenvalue weighted by Gasteiger charge is 2.44. The number of aliphatic hydroxyl groups excluding tert-OH is 1. The summed E-state index contributed by atoms with van der Waals surface area (Å²) in [5.41, 5.74) is -0.0805. The Morgan fingerprint density at radius 3 is 1.89 bits per heavy atom. The number of ether oxygens (including phenoxy) is 2. The van der Waals surface area contributed by atoms with Gasteiger partial charge in [-0.05, 0) is 39.2 Å². The largest absolute Gasteiger partial charge is 0.465 e. The first-order valence-electron chi connectivity index (χ1n) is 8.86.